The van der Waals surface area contributed by atoms with E-state index in [1.54, 1.807) is 13.1 Å². The zero-order valence-corrected chi connectivity index (χ0v) is 18.0. The number of rotatable bonds is 8. The molecule has 2 rings (SSSR count). The fraction of sp³-hybridized carbons (Fsp3) is 0.667. The Hall–Kier alpha value is -1.70. The third-order valence-electron chi connectivity index (χ3n) is 5.04. The monoisotopic (exact) mass is 393 g/mol. The van der Waals surface area contributed by atoms with Crippen LogP contribution in [0.1, 0.15) is 25.0 Å². The van der Waals surface area contributed by atoms with Crippen LogP contribution in [0.2, 0.25) is 0 Å². The molecule has 1 heterocycles. The van der Waals surface area contributed by atoms with Crippen molar-refractivity contribution in [3.05, 3.63) is 35.1 Å². The highest BCUT2D eigenvalue weighted by Crippen LogP contribution is 2.13. The van der Waals surface area contributed by atoms with Gasteiger partial charge in [-0.1, -0.05) is 19.9 Å². The summed E-state index contributed by atoms with van der Waals surface area (Å²) in [6, 6.07) is 5.71. The van der Waals surface area contributed by atoms with E-state index in [2.05, 4.69) is 34.4 Å². The molecule has 1 aromatic carbocycles. The van der Waals surface area contributed by atoms with Crippen LogP contribution in [-0.4, -0.2) is 75.8 Å². The first-order valence-corrected chi connectivity index (χ1v) is 10.1. The van der Waals surface area contributed by atoms with Crippen LogP contribution in [0.25, 0.3) is 0 Å². The van der Waals surface area contributed by atoms with Crippen molar-refractivity contribution in [2.45, 2.75) is 33.0 Å². The lowest BCUT2D eigenvalue weighted by Crippen LogP contribution is -2.52. The third kappa shape index (κ3) is 7.04. The van der Waals surface area contributed by atoms with Gasteiger partial charge in [-0.2, -0.15) is 0 Å². The van der Waals surface area contributed by atoms with Crippen LogP contribution in [-0.2, 0) is 17.8 Å². The molecule has 1 unspecified atom stereocenters. The molecule has 0 bridgehead atoms. The van der Waals surface area contributed by atoms with E-state index in [0.717, 1.165) is 44.4 Å². The highest BCUT2D eigenvalue weighted by molar-refractivity contribution is 5.79. The molecule has 1 aliphatic rings. The van der Waals surface area contributed by atoms with Gasteiger partial charge in [0.25, 0.3) is 0 Å². The largest absolute Gasteiger partial charge is 0.379 e. The summed E-state index contributed by atoms with van der Waals surface area (Å²) in [6.45, 7) is 10.1. The minimum atomic E-state index is -0.162. The van der Waals surface area contributed by atoms with Gasteiger partial charge in [-0.05, 0) is 37.7 Å². The van der Waals surface area contributed by atoms with E-state index in [4.69, 9.17) is 4.74 Å². The van der Waals surface area contributed by atoms with E-state index in [0.29, 0.717) is 30.6 Å². The standard InChI is InChI=1S/C21H36FN5O/c1-16(2)20(27-8-10-28-11-9-27)14-25-21(23-3)24-13-17-6-7-19(22)18(12-17)15-26(4)5/h6-7,12,16,20H,8-11,13-15H2,1-5H3,(H2,23,24,25). The van der Waals surface area contributed by atoms with Gasteiger partial charge in [0.15, 0.2) is 5.96 Å². The summed E-state index contributed by atoms with van der Waals surface area (Å²) in [4.78, 5) is 8.79. The molecule has 0 amide bonds. The van der Waals surface area contributed by atoms with E-state index in [1.807, 2.05) is 31.1 Å². The number of morpholine rings is 1. The van der Waals surface area contributed by atoms with Gasteiger partial charge >= 0.3 is 0 Å². The molecule has 0 radical (unpaired) electrons. The maximum Gasteiger partial charge on any atom is 0.191 e. The molecule has 1 saturated heterocycles. The second kappa shape index (κ2) is 11.3. The first kappa shape index (κ1) is 22.6. The van der Waals surface area contributed by atoms with Gasteiger partial charge in [0.2, 0.25) is 0 Å². The lowest BCUT2D eigenvalue weighted by atomic mass is 10.0. The predicted octanol–water partition coefficient (Wildman–Crippen LogP) is 1.91. The number of ether oxygens (including phenoxy) is 1. The normalized spacial score (nSPS) is 17.2. The lowest BCUT2D eigenvalue weighted by molar-refractivity contribution is 0.00752. The molecule has 1 atom stereocenters. The Kier molecular flexibility index (Phi) is 9.15. The van der Waals surface area contributed by atoms with Gasteiger partial charge in [-0.15, -0.1) is 0 Å². The Morgan fingerprint density at radius 3 is 2.57 bits per heavy atom. The molecule has 0 spiro atoms. The van der Waals surface area contributed by atoms with Crippen LogP contribution in [0.5, 0.6) is 0 Å². The highest BCUT2D eigenvalue weighted by Gasteiger charge is 2.23. The number of hydrogen-bond acceptors (Lipinski definition) is 4. The van der Waals surface area contributed by atoms with Crippen LogP contribution in [0.4, 0.5) is 4.39 Å². The number of hydrogen-bond donors (Lipinski definition) is 2. The van der Waals surface area contributed by atoms with Crippen molar-refractivity contribution < 1.29 is 9.13 Å². The van der Waals surface area contributed by atoms with Crippen LogP contribution < -0.4 is 10.6 Å². The average molecular weight is 394 g/mol. The first-order chi connectivity index (χ1) is 13.4. The molecular formula is C21H36FN5O. The summed E-state index contributed by atoms with van der Waals surface area (Å²) in [7, 11) is 5.65. The van der Waals surface area contributed by atoms with E-state index in [9.17, 15) is 4.39 Å². The topological polar surface area (TPSA) is 52.1 Å². The Morgan fingerprint density at radius 1 is 1.25 bits per heavy atom. The SMILES string of the molecule is CN=C(NCc1ccc(F)c(CN(C)C)c1)NCC(C(C)C)N1CCOCC1. The molecule has 0 aliphatic carbocycles. The van der Waals surface area contributed by atoms with Crippen LogP contribution in [0.15, 0.2) is 23.2 Å². The zero-order valence-electron chi connectivity index (χ0n) is 18.0. The van der Waals surface area contributed by atoms with E-state index in [1.165, 1.54) is 0 Å². The minimum absolute atomic E-state index is 0.162. The average Bonchev–Trinajstić information content (AvgIpc) is 2.67. The molecular weight excluding hydrogens is 357 g/mol. The van der Waals surface area contributed by atoms with Crippen molar-refractivity contribution in [2.24, 2.45) is 10.9 Å². The van der Waals surface area contributed by atoms with Crippen molar-refractivity contribution in [1.82, 2.24) is 20.4 Å². The third-order valence-corrected chi connectivity index (χ3v) is 5.04. The summed E-state index contributed by atoms with van der Waals surface area (Å²) in [6.07, 6.45) is 0. The van der Waals surface area contributed by atoms with Gasteiger partial charge in [-0.25, -0.2) is 4.39 Å². The Morgan fingerprint density at radius 2 is 1.96 bits per heavy atom. The Balaban J connectivity index is 1.90. The van der Waals surface area contributed by atoms with Gasteiger partial charge < -0.3 is 20.3 Å². The van der Waals surface area contributed by atoms with E-state index in [-0.39, 0.29) is 5.82 Å². The van der Waals surface area contributed by atoms with Crippen molar-refractivity contribution in [1.29, 1.82) is 0 Å². The van der Waals surface area contributed by atoms with Crippen molar-refractivity contribution in [3.8, 4) is 0 Å². The van der Waals surface area contributed by atoms with E-state index >= 15 is 0 Å². The van der Waals surface area contributed by atoms with Crippen LogP contribution in [0, 0.1) is 11.7 Å². The Labute approximate surface area is 169 Å². The maximum atomic E-state index is 14.0. The second-order valence-electron chi connectivity index (χ2n) is 7.93. The minimum Gasteiger partial charge on any atom is -0.379 e. The first-order valence-electron chi connectivity index (χ1n) is 10.1. The lowest BCUT2D eigenvalue weighted by Gasteiger charge is -2.37. The molecule has 1 aromatic rings. The van der Waals surface area contributed by atoms with Crippen molar-refractivity contribution >= 4 is 5.96 Å². The fourth-order valence-electron chi connectivity index (χ4n) is 3.50. The number of guanidine groups is 1. The van der Waals surface area contributed by atoms with E-state index < -0.39 is 0 Å². The van der Waals surface area contributed by atoms with Gasteiger partial charge in [0.1, 0.15) is 5.82 Å². The van der Waals surface area contributed by atoms with Crippen molar-refractivity contribution in [2.75, 3.05) is 54.0 Å². The molecule has 2 N–H and O–H groups in total. The molecule has 1 fully saturated rings. The second-order valence-corrected chi connectivity index (χ2v) is 7.93. The van der Waals surface area contributed by atoms with Gasteiger partial charge in [0.05, 0.1) is 13.2 Å². The van der Waals surface area contributed by atoms with Crippen LogP contribution in [0.3, 0.4) is 0 Å². The van der Waals surface area contributed by atoms with Gasteiger partial charge in [-0.3, -0.25) is 9.89 Å². The molecule has 7 heteroatoms. The number of benzene rings is 1. The summed E-state index contributed by atoms with van der Waals surface area (Å²) in [5.74, 6) is 1.14. The number of halogens is 1. The molecule has 6 nitrogen and oxygen atoms in total. The molecule has 0 saturated carbocycles. The number of nitrogens with zero attached hydrogens (tertiary/aromatic N) is 3. The fourth-order valence-corrected chi connectivity index (χ4v) is 3.50. The number of nitrogens with one attached hydrogen (secondary N) is 2. The summed E-state index contributed by atoms with van der Waals surface area (Å²) in [5.41, 5.74) is 1.74. The number of aliphatic imine (C=N–C) groups is 1. The predicted molar refractivity (Wildman–Crippen MR) is 113 cm³/mol. The summed E-state index contributed by atoms with van der Waals surface area (Å²) < 4.78 is 19.4. The Bertz CT molecular complexity index is 629. The van der Waals surface area contributed by atoms with Gasteiger partial charge in [0, 0.05) is 51.4 Å². The maximum absolute atomic E-state index is 14.0. The summed E-state index contributed by atoms with van der Waals surface area (Å²) >= 11 is 0. The van der Waals surface area contributed by atoms with Crippen LogP contribution >= 0.6 is 0 Å². The van der Waals surface area contributed by atoms with Crippen molar-refractivity contribution in [3.63, 3.8) is 0 Å². The smallest absolute Gasteiger partial charge is 0.191 e. The summed E-state index contributed by atoms with van der Waals surface area (Å²) in [5, 5.41) is 6.79. The molecule has 158 valence electrons. The zero-order chi connectivity index (χ0) is 20.5. The molecule has 1 aliphatic heterocycles. The quantitative estimate of drug-likeness (QED) is 0.522. The molecule has 0 aromatic heterocycles. The highest BCUT2D eigenvalue weighted by atomic mass is 19.1. The molecule has 28 heavy (non-hydrogen) atoms.